The number of hydrogen-bond acceptors (Lipinski definition) is 6. The molecule has 2 aromatic rings. The Labute approximate surface area is 202 Å². The van der Waals surface area contributed by atoms with E-state index in [1.54, 1.807) is 13.2 Å². The molecule has 1 aliphatic rings. The molecule has 2 amide bonds. The highest BCUT2D eigenvalue weighted by atomic mass is 28.3. The molecule has 1 aromatic heterocycles. The van der Waals surface area contributed by atoms with Gasteiger partial charge < -0.3 is 20.7 Å². The van der Waals surface area contributed by atoms with Gasteiger partial charge in [0.1, 0.15) is 8.07 Å². The third-order valence-corrected chi connectivity index (χ3v) is 10.8. The zero-order valence-corrected chi connectivity index (χ0v) is 21.9. The topological polar surface area (TPSA) is 105 Å². The van der Waals surface area contributed by atoms with Gasteiger partial charge in [-0.15, -0.1) is 15.7 Å². The second kappa shape index (κ2) is 9.85. The quantitative estimate of drug-likeness (QED) is 0.421. The predicted octanol–water partition coefficient (Wildman–Crippen LogP) is 4.34. The lowest BCUT2D eigenvalue weighted by molar-refractivity contribution is -0.117. The molecule has 34 heavy (non-hydrogen) atoms. The molecule has 0 unspecified atom stereocenters. The average Bonchev–Trinajstić information content (AvgIpc) is 3.62. The number of carbonyl (C=O) groups is 2. The van der Waals surface area contributed by atoms with Crippen molar-refractivity contribution in [1.29, 1.82) is 0 Å². The van der Waals surface area contributed by atoms with Crippen LogP contribution in [0.25, 0.3) is 0 Å². The molecule has 0 atom stereocenters. The second-order valence-corrected chi connectivity index (χ2v) is 15.0. The Morgan fingerprint density at radius 3 is 2.44 bits per heavy atom. The Morgan fingerprint density at radius 2 is 1.85 bits per heavy atom. The van der Waals surface area contributed by atoms with Gasteiger partial charge in [-0.05, 0) is 30.0 Å². The molecule has 0 saturated heterocycles. The molecule has 1 aromatic carbocycles. The lowest BCUT2D eigenvalue weighted by Crippen LogP contribution is -2.35. The average molecular weight is 480 g/mol. The smallest absolute Gasteiger partial charge is 0.273 e. The Morgan fingerprint density at radius 1 is 1.15 bits per heavy atom. The summed E-state index contributed by atoms with van der Waals surface area (Å²) >= 11 is 0. The van der Waals surface area contributed by atoms with Crippen LogP contribution in [0.15, 0.2) is 24.3 Å². The number of para-hydroxylation sites is 1. The summed E-state index contributed by atoms with van der Waals surface area (Å²) in [6.07, 6.45) is 1.75. The number of carbonyl (C=O) groups excluding carboxylic acids is 2. The van der Waals surface area contributed by atoms with Crippen LogP contribution < -0.4 is 20.7 Å². The van der Waals surface area contributed by atoms with Gasteiger partial charge in [-0.2, -0.15) is 0 Å². The van der Waals surface area contributed by atoms with E-state index in [1.165, 1.54) is 7.05 Å². The monoisotopic (exact) mass is 479 g/mol. The molecule has 1 fully saturated rings. The number of amides is 2. The predicted molar refractivity (Wildman–Crippen MR) is 137 cm³/mol. The van der Waals surface area contributed by atoms with Crippen molar-refractivity contribution in [2.45, 2.75) is 51.7 Å². The van der Waals surface area contributed by atoms with Crippen LogP contribution in [0, 0.1) is 17.4 Å². The standard InChI is InChI=1S/C25H33N5O3Si/c1-25(2,3)34(6,7)14-13-16-9-8-10-18(22(16)33-5)27-19-15-20(28-23(31)17-11-12-17)29-30-21(19)24(32)26-4/h8-10,15,17H,11-12H2,1-7H3,(H,26,32)(H2,27,28,29,31). The zero-order chi connectivity index (χ0) is 25.1. The van der Waals surface area contributed by atoms with Crippen molar-refractivity contribution in [3.8, 4) is 17.2 Å². The van der Waals surface area contributed by atoms with Gasteiger partial charge in [-0.1, -0.05) is 45.9 Å². The van der Waals surface area contributed by atoms with E-state index in [0.717, 1.165) is 18.4 Å². The van der Waals surface area contributed by atoms with Gasteiger partial charge in [-0.25, -0.2) is 0 Å². The minimum Gasteiger partial charge on any atom is -0.493 e. The maximum absolute atomic E-state index is 12.4. The van der Waals surface area contributed by atoms with E-state index in [-0.39, 0.29) is 28.4 Å². The van der Waals surface area contributed by atoms with Crippen LogP contribution in [0.4, 0.5) is 17.2 Å². The summed E-state index contributed by atoms with van der Waals surface area (Å²) in [6, 6.07) is 7.23. The maximum Gasteiger partial charge on any atom is 0.273 e. The Bertz CT molecular complexity index is 1160. The van der Waals surface area contributed by atoms with Crippen LogP contribution in [0.2, 0.25) is 18.1 Å². The fourth-order valence-electron chi connectivity index (χ4n) is 2.92. The van der Waals surface area contributed by atoms with Crippen LogP contribution >= 0.6 is 0 Å². The van der Waals surface area contributed by atoms with E-state index in [0.29, 0.717) is 17.1 Å². The minimum atomic E-state index is -1.82. The number of hydrogen-bond donors (Lipinski definition) is 3. The summed E-state index contributed by atoms with van der Waals surface area (Å²) < 4.78 is 5.70. The van der Waals surface area contributed by atoms with Crippen LogP contribution in [0.3, 0.4) is 0 Å². The van der Waals surface area contributed by atoms with Crippen molar-refractivity contribution >= 4 is 37.1 Å². The number of anilines is 3. The minimum absolute atomic E-state index is 0.0214. The van der Waals surface area contributed by atoms with Crippen molar-refractivity contribution in [1.82, 2.24) is 15.5 Å². The van der Waals surface area contributed by atoms with Gasteiger partial charge in [0.15, 0.2) is 17.3 Å². The molecule has 8 nitrogen and oxygen atoms in total. The van der Waals surface area contributed by atoms with E-state index in [4.69, 9.17) is 4.74 Å². The summed E-state index contributed by atoms with van der Waals surface area (Å²) in [5, 5.41) is 16.8. The molecule has 3 rings (SSSR count). The summed E-state index contributed by atoms with van der Waals surface area (Å²) in [7, 11) is 1.29. The van der Waals surface area contributed by atoms with E-state index in [2.05, 4.69) is 71.5 Å². The van der Waals surface area contributed by atoms with E-state index in [1.807, 2.05) is 18.2 Å². The lowest BCUT2D eigenvalue weighted by atomic mass is 10.1. The normalized spacial score (nSPS) is 13.4. The number of rotatable bonds is 6. The van der Waals surface area contributed by atoms with E-state index < -0.39 is 14.0 Å². The number of methoxy groups -OCH3 is 1. The van der Waals surface area contributed by atoms with Crippen LogP contribution in [0.5, 0.6) is 5.75 Å². The molecule has 3 N–H and O–H groups in total. The largest absolute Gasteiger partial charge is 0.493 e. The Hall–Kier alpha value is -3.38. The molecular weight excluding hydrogens is 446 g/mol. The van der Waals surface area contributed by atoms with Crippen LogP contribution in [-0.4, -0.2) is 44.2 Å². The highest BCUT2D eigenvalue weighted by Gasteiger charge is 2.34. The number of benzene rings is 1. The highest BCUT2D eigenvalue weighted by Crippen LogP contribution is 2.36. The molecule has 180 valence electrons. The molecule has 0 aliphatic heterocycles. The molecular formula is C25H33N5O3Si. The van der Waals surface area contributed by atoms with Crippen LogP contribution in [0.1, 0.15) is 49.7 Å². The SMILES string of the molecule is CNC(=O)c1nnc(NC(=O)C2CC2)cc1Nc1cccc(C#C[Si](C)(C)C(C)(C)C)c1OC. The summed E-state index contributed by atoms with van der Waals surface area (Å²) in [6.45, 7) is 11.2. The third kappa shape index (κ3) is 5.75. The van der Waals surface area contributed by atoms with E-state index >= 15 is 0 Å². The van der Waals surface area contributed by atoms with Crippen molar-refractivity contribution < 1.29 is 14.3 Å². The molecule has 1 heterocycles. The fourth-order valence-corrected chi connectivity index (χ4v) is 3.74. The van der Waals surface area contributed by atoms with Gasteiger partial charge in [0.2, 0.25) is 5.91 Å². The summed E-state index contributed by atoms with van der Waals surface area (Å²) in [5.41, 5.74) is 5.39. The van der Waals surface area contributed by atoms with E-state index in [9.17, 15) is 9.59 Å². The van der Waals surface area contributed by atoms with Crippen molar-refractivity contribution in [2.24, 2.45) is 5.92 Å². The van der Waals surface area contributed by atoms with Crippen molar-refractivity contribution in [3.63, 3.8) is 0 Å². The van der Waals surface area contributed by atoms with Gasteiger partial charge in [-0.3, -0.25) is 9.59 Å². The van der Waals surface area contributed by atoms with Gasteiger partial charge in [0, 0.05) is 19.0 Å². The molecule has 1 aliphatic carbocycles. The summed E-state index contributed by atoms with van der Waals surface area (Å²) in [4.78, 5) is 24.6. The number of nitrogens with zero attached hydrogens (tertiary/aromatic N) is 2. The number of aromatic nitrogens is 2. The fraction of sp³-hybridized carbons (Fsp3) is 0.440. The second-order valence-electron chi connectivity index (χ2n) is 9.97. The molecule has 0 bridgehead atoms. The lowest BCUT2D eigenvalue weighted by Gasteiger charge is -2.31. The van der Waals surface area contributed by atoms with Gasteiger partial charge >= 0.3 is 0 Å². The highest BCUT2D eigenvalue weighted by molar-refractivity contribution is 6.87. The zero-order valence-electron chi connectivity index (χ0n) is 20.9. The summed E-state index contributed by atoms with van der Waals surface area (Å²) in [5.74, 6) is 3.70. The first-order valence-corrected chi connectivity index (χ1v) is 14.3. The Kier molecular flexibility index (Phi) is 7.31. The molecule has 1 saturated carbocycles. The van der Waals surface area contributed by atoms with Crippen molar-refractivity contribution in [2.75, 3.05) is 24.8 Å². The first-order valence-electron chi connectivity index (χ1n) is 11.3. The van der Waals surface area contributed by atoms with Gasteiger partial charge in [0.05, 0.1) is 24.0 Å². The molecule has 0 radical (unpaired) electrons. The van der Waals surface area contributed by atoms with Gasteiger partial charge in [0.25, 0.3) is 5.91 Å². The van der Waals surface area contributed by atoms with Crippen LogP contribution in [-0.2, 0) is 4.79 Å². The number of ether oxygens (including phenoxy) is 1. The maximum atomic E-state index is 12.4. The Balaban J connectivity index is 1.99. The first kappa shape index (κ1) is 25.2. The van der Waals surface area contributed by atoms with Crippen molar-refractivity contribution in [3.05, 3.63) is 35.5 Å². The molecule has 9 heteroatoms. The first-order chi connectivity index (χ1) is 16.0. The molecule has 0 spiro atoms. The number of nitrogens with one attached hydrogen (secondary N) is 3. The third-order valence-electron chi connectivity index (χ3n) is 6.31.